The number of aryl methyl sites for hydroxylation is 3. The molecule has 1 unspecified atom stereocenters. The summed E-state index contributed by atoms with van der Waals surface area (Å²) in [6.07, 6.45) is 5.41. The van der Waals surface area contributed by atoms with Crippen molar-refractivity contribution < 1.29 is 0 Å². The van der Waals surface area contributed by atoms with Gasteiger partial charge in [-0.1, -0.05) is 13.0 Å². The summed E-state index contributed by atoms with van der Waals surface area (Å²) in [6, 6.07) is 2.33. The first-order valence-corrected chi connectivity index (χ1v) is 7.12. The summed E-state index contributed by atoms with van der Waals surface area (Å²) in [5.41, 5.74) is 3.49. The predicted molar refractivity (Wildman–Crippen MR) is 79.5 cm³/mol. The summed E-state index contributed by atoms with van der Waals surface area (Å²) in [5, 5.41) is 7.62. The van der Waals surface area contributed by atoms with Crippen LogP contribution in [0, 0.1) is 13.8 Å². The molecule has 1 N–H and O–H groups in total. The Hall–Kier alpha value is -1.75. The molecule has 0 saturated heterocycles. The molecule has 0 aliphatic heterocycles. The Kier molecular flexibility index (Phi) is 4.84. The first-order valence-electron chi connectivity index (χ1n) is 7.12. The minimum atomic E-state index is 0.162. The molecule has 20 heavy (non-hydrogen) atoms. The maximum Gasteiger partial charge on any atom is 0.138 e. The van der Waals surface area contributed by atoms with E-state index >= 15 is 0 Å². The molecule has 2 heterocycles. The van der Waals surface area contributed by atoms with Crippen LogP contribution in [0.5, 0.6) is 0 Å². The normalized spacial score (nSPS) is 12.6. The van der Waals surface area contributed by atoms with Crippen molar-refractivity contribution in [1.29, 1.82) is 0 Å². The van der Waals surface area contributed by atoms with E-state index in [4.69, 9.17) is 0 Å². The number of hydrogen-bond acceptors (Lipinski definition) is 4. The molecule has 2 aromatic heterocycles. The first kappa shape index (κ1) is 14.7. The summed E-state index contributed by atoms with van der Waals surface area (Å²) in [7, 11) is 1.96. The van der Waals surface area contributed by atoms with Gasteiger partial charge in [-0.2, -0.15) is 5.10 Å². The molecule has 2 aromatic rings. The highest BCUT2D eigenvalue weighted by atomic mass is 15.3. The van der Waals surface area contributed by atoms with E-state index < -0.39 is 0 Å². The zero-order valence-corrected chi connectivity index (χ0v) is 12.7. The minimum absolute atomic E-state index is 0.162. The monoisotopic (exact) mass is 273 g/mol. The quantitative estimate of drug-likeness (QED) is 0.876. The smallest absolute Gasteiger partial charge is 0.138 e. The lowest BCUT2D eigenvalue weighted by atomic mass is 10.0. The Balaban J connectivity index is 2.22. The van der Waals surface area contributed by atoms with Gasteiger partial charge < -0.3 is 5.32 Å². The van der Waals surface area contributed by atoms with Crippen LogP contribution in [-0.4, -0.2) is 26.8 Å². The third-order valence-electron chi connectivity index (χ3n) is 3.45. The molecule has 0 fully saturated rings. The number of nitrogens with zero attached hydrogens (tertiary/aromatic N) is 4. The third-order valence-corrected chi connectivity index (χ3v) is 3.45. The molecular weight excluding hydrogens is 250 g/mol. The fraction of sp³-hybridized carbons (Fsp3) is 0.533. The predicted octanol–water partition coefficient (Wildman–Crippen LogP) is 2.20. The second-order valence-corrected chi connectivity index (χ2v) is 5.16. The first-order chi connectivity index (χ1) is 9.65. The van der Waals surface area contributed by atoms with Crippen LogP contribution in [0.25, 0.3) is 0 Å². The molecule has 0 aromatic carbocycles. The van der Waals surface area contributed by atoms with E-state index in [2.05, 4.69) is 47.2 Å². The molecule has 0 aliphatic carbocycles. The summed E-state index contributed by atoms with van der Waals surface area (Å²) < 4.78 is 1.98. The average Bonchev–Trinajstić information content (AvgIpc) is 2.84. The van der Waals surface area contributed by atoms with E-state index in [-0.39, 0.29) is 6.04 Å². The van der Waals surface area contributed by atoms with Crippen molar-refractivity contribution >= 4 is 0 Å². The van der Waals surface area contributed by atoms with Crippen LogP contribution >= 0.6 is 0 Å². The van der Waals surface area contributed by atoms with Gasteiger partial charge in [-0.3, -0.25) is 9.67 Å². The van der Waals surface area contributed by atoms with Crippen molar-refractivity contribution in [3.8, 4) is 0 Å². The van der Waals surface area contributed by atoms with Crippen molar-refractivity contribution in [3.63, 3.8) is 0 Å². The molecule has 0 amide bonds. The van der Waals surface area contributed by atoms with Crippen LogP contribution in [0.1, 0.15) is 42.0 Å². The highest BCUT2D eigenvalue weighted by Crippen LogP contribution is 2.19. The van der Waals surface area contributed by atoms with Crippen LogP contribution in [0.3, 0.4) is 0 Å². The van der Waals surface area contributed by atoms with Gasteiger partial charge in [0, 0.05) is 19.2 Å². The van der Waals surface area contributed by atoms with Gasteiger partial charge in [0.1, 0.15) is 12.2 Å². The van der Waals surface area contributed by atoms with E-state index in [1.165, 1.54) is 11.1 Å². The van der Waals surface area contributed by atoms with E-state index in [0.717, 1.165) is 30.9 Å². The van der Waals surface area contributed by atoms with Crippen LogP contribution in [0.4, 0.5) is 0 Å². The molecular formula is C15H23N5. The van der Waals surface area contributed by atoms with Gasteiger partial charge in [-0.25, -0.2) is 4.98 Å². The van der Waals surface area contributed by atoms with Gasteiger partial charge in [0.15, 0.2) is 0 Å². The SMILES string of the molecule is CCCn1ncnc1CC(NC)c1ncc(C)cc1C. The van der Waals surface area contributed by atoms with Gasteiger partial charge in [0.2, 0.25) is 0 Å². The lowest BCUT2D eigenvalue weighted by Gasteiger charge is -2.18. The fourth-order valence-corrected chi connectivity index (χ4v) is 2.45. The van der Waals surface area contributed by atoms with Crippen LogP contribution in [0.2, 0.25) is 0 Å². The summed E-state index contributed by atoms with van der Waals surface area (Å²) in [5.74, 6) is 1.01. The van der Waals surface area contributed by atoms with Gasteiger partial charge in [0.25, 0.3) is 0 Å². The van der Waals surface area contributed by atoms with Crippen molar-refractivity contribution in [2.24, 2.45) is 0 Å². The number of nitrogens with one attached hydrogen (secondary N) is 1. The highest BCUT2D eigenvalue weighted by molar-refractivity contribution is 5.26. The Labute approximate surface area is 120 Å². The number of hydrogen-bond donors (Lipinski definition) is 1. The molecule has 0 radical (unpaired) electrons. The standard InChI is InChI=1S/C15H23N5/c1-5-6-20-14(18-10-19-20)8-13(16-4)15-12(3)7-11(2)9-17-15/h7,9-10,13,16H,5-6,8H2,1-4H3. The summed E-state index contributed by atoms with van der Waals surface area (Å²) >= 11 is 0. The lowest BCUT2D eigenvalue weighted by molar-refractivity contribution is 0.508. The zero-order valence-electron chi connectivity index (χ0n) is 12.7. The van der Waals surface area contributed by atoms with Crippen LogP contribution < -0.4 is 5.32 Å². The van der Waals surface area contributed by atoms with Crippen molar-refractivity contribution in [2.45, 2.75) is 46.2 Å². The molecule has 0 aliphatic rings. The Morgan fingerprint density at radius 3 is 2.75 bits per heavy atom. The average molecular weight is 273 g/mol. The molecule has 0 spiro atoms. The number of likely N-dealkylation sites (N-methyl/N-ethyl adjacent to an activating group) is 1. The van der Waals surface area contributed by atoms with Crippen molar-refractivity contribution in [3.05, 3.63) is 41.2 Å². The Morgan fingerprint density at radius 2 is 2.10 bits per heavy atom. The summed E-state index contributed by atoms with van der Waals surface area (Å²) in [6.45, 7) is 7.23. The Morgan fingerprint density at radius 1 is 1.30 bits per heavy atom. The fourth-order valence-electron chi connectivity index (χ4n) is 2.45. The van der Waals surface area contributed by atoms with E-state index in [1.807, 2.05) is 17.9 Å². The van der Waals surface area contributed by atoms with Crippen LogP contribution in [0.15, 0.2) is 18.6 Å². The number of aromatic nitrogens is 4. The van der Waals surface area contributed by atoms with E-state index in [0.29, 0.717) is 0 Å². The molecule has 5 nitrogen and oxygen atoms in total. The van der Waals surface area contributed by atoms with Gasteiger partial charge in [-0.05, 0) is 38.4 Å². The van der Waals surface area contributed by atoms with Gasteiger partial charge in [-0.15, -0.1) is 0 Å². The van der Waals surface area contributed by atoms with Gasteiger partial charge >= 0.3 is 0 Å². The topological polar surface area (TPSA) is 55.6 Å². The maximum atomic E-state index is 4.59. The highest BCUT2D eigenvalue weighted by Gasteiger charge is 2.17. The zero-order chi connectivity index (χ0) is 14.5. The van der Waals surface area contributed by atoms with Crippen molar-refractivity contribution in [1.82, 2.24) is 25.1 Å². The Bertz CT molecular complexity index is 561. The van der Waals surface area contributed by atoms with E-state index in [1.54, 1.807) is 6.33 Å². The second-order valence-electron chi connectivity index (χ2n) is 5.16. The van der Waals surface area contributed by atoms with Gasteiger partial charge in [0.05, 0.1) is 11.7 Å². The molecule has 2 rings (SSSR count). The number of rotatable bonds is 6. The van der Waals surface area contributed by atoms with Crippen molar-refractivity contribution in [2.75, 3.05) is 7.05 Å². The third kappa shape index (κ3) is 3.22. The largest absolute Gasteiger partial charge is 0.311 e. The molecule has 108 valence electrons. The van der Waals surface area contributed by atoms with Crippen LogP contribution in [-0.2, 0) is 13.0 Å². The molecule has 5 heteroatoms. The summed E-state index contributed by atoms with van der Waals surface area (Å²) in [4.78, 5) is 8.96. The second kappa shape index (κ2) is 6.61. The minimum Gasteiger partial charge on any atom is -0.311 e. The molecule has 1 atom stereocenters. The lowest BCUT2D eigenvalue weighted by Crippen LogP contribution is -2.23. The number of pyridine rings is 1. The maximum absolute atomic E-state index is 4.59. The van der Waals surface area contributed by atoms with E-state index in [9.17, 15) is 0 Å². The molecule has 0 saturated carbocycles. The molecule has 0 bridgehead atoms.